The molecule has 0 N–H and O–H groups in total. The first-order chi connectivity index (χ1) is 26.1. The number of fused-ring (bicyclic) bond motifs is 4. The van der Waals surface area contributed by atoms with Crippen molar-refractivity contribution in [2.45, 2.75) is 21.1 Å². The Morgan fingerprint density at radius 3 is 1.32 bits per heavy atom. The van der Waals surface area contributed by atoms with Crippen molar-refractivity contribution >= 4 is 44.8 Å². The van der Waals surface area contributed by atoms with Gasteiger partial charge in [-0.3, -0.25) is 0 Å². The summed E-state index contributed by atoms with van der Waals surface area (Å²) in [6.07, 6.45) is 8.98. The molecule has 6 aromatic carbocycles. The van der Waals surface area contributed by atoms with E-state index in [-0.39, 0.29) is 0 Å². The summed E-state index contributed by atoms with van der Waals surface area (Å²) >= 11 is -1.34. The molecule has 2 unspecified atom stereocenters. The van der Waals surface area contributed by atoms with Crippen LogP contribution in [0.2, 0.25) is 0 Å². The Kier molecular flexibility index (Phi) is 8.00. The van der Waals surface area contributed by atoms with Crippen LogP contribution in [0.15, 0.2) is 158 Å². The third-order valence-electron chi connectivity index (χ3n) is 11.0. The number of aromatic nitrogens is 2. The number of nitrogens with zero attached hydrogens (tertiary/aromatic N) is 2. The minimum atomic E-state index is -1.34. The Balaban J connectivity index is 1.13. The van der Waals surface area contributed by atoms with Gasteiger partial charge in [0.05, 0.1) is 0 Å². The standard InChI is InChI=1S/2C25H18N.Zr/c2*1-17-9-12-25(26-16-17)22-14-20-7-4-8-23(24(20)15-22)21-11-10-18-5-2-3-6-19(18)13-21;/h2*2-16H,1H3;. The Bertz CT molecular complexity index is 2580. The maximum atomic E-state index is 5.05. The van der Waals surface area contributed by atoms with E-state index < -0.39 is 23.2 Å². The average Bonchev–Trinajstić information content (AvgIpc) is 3.77. The van der Waals surface area contributed by atoms with Crippen molar-refractivity contribution in [3.63, 3.8) is 0 Å². The van der Waals surface area contributed by atoms with Crippen LogP contribution in [0.5, 0.6) is 0 Å². The topological polar surface area (TPSA) is 25.8 Å². The van der Waals surface area contributed by atoms with E-state index in [0.29, 0.717) is 7.25 Å². The molecule has 0 spiro atoms. The second kappa shape index (κ2) is 13.2. The second-order valence-corrected chi connectivity index (χ2v) is 18.1. The molecule has 10 rings (SSSR count). The Labute approximate surface area is 322 Å². The van der Waals surface area contributed by atoms with Crippen molar-refractivity contribution < 1.29 is 23.2 Å². The predicted molar refractivity (Wildman–Crippen MR) is 218 cm³/mol. The molecule has 0 saturated carbocycles. The van der Waals surface area contributed by atoms with Gasteiger partial charge in [0, 0.05) is 0 Å². The number of rotatable bonds is 6. The van der Waals surface area contributed by atoms with E-state index in [2.05, 4.69) is 172 Å². The molecule has 2 heterocycles. The molecule has 0 saturated heterocycles. The van der Waals surface area contributed by atoms with Gasteiger partial charge in [0.1, 0.15) is 0 Å². The van der Waals surface area contributed by atoms with E-state index in [0.717, 1.165) is 11.4 Å². The molecule has 250 valence electrons. The van der Waals surface area contributed by atoms with Gasteiger partial charge in [-0.2, -0.15) is 0 Å². The zero-order chi connectivity index (χ0) is 35.5. The molecule has 0 bridgehead atoms. The maximum absolute atomic E-state index is 5.05. The van der Waals surface area contributed by atoms with Crippen LogP contribution < -0.4 is 0 Å². The fourth-order valence-corrected chi connectivity index (χ4v) is 13.2. The monoisotopic (exact) mass is 754 g/mol. The normalized spacial score (nSPS) is 16.0. The number of pyridine rings is 2. The average molecular weight is 756 g/mol. The summed E-state index contributed by atoms with van der Waals surface area (Å²) in [5, 5.41) is 5.07. The van der Waals surface area contributed by atoms with Crippen LogP contribution in [0.25, 0.3) is 67.1 Å². The molecule has 2 aromatic heterocycles. The van der Waals surface area contributed by atoms with Gasteiger partial charge in [0.25, 0.3) is 0 Å². The summed E-state index contributed by atoms with van der Waals surface area (Å²) in [5.74, 6) is 0. The molecule has 2 nitrogen and oxygen atoms in total. The molecule has 8 aromatic rings. The molecule has 0 fully saturated rings. The van der Waals surface area contributed by atoms with Crippen LogP contribution >= 0.6 is 0 Å². The second-order valence-electron chi connectivity index (χ2n) is 14.4. The van der Waals surface area contributed by atoms with Gasteiger partial charge in [-0.05, 0) is 0 Å². The minimum absolute atomic E-state index is 0.318. The predicted octanol–water partition coefficient (Wildman–Crippen LogP) is 12.7. The summed E-state index contributed by atoms with van der Waals surface area (Å²) < 4.78 is 0.636. The first-order valence-corrected chi connectivity index (χ1v) is 21.2. The van der Waals surface area contributed by atoms with Crippen LogP contribution in [-0.4, -0.2) is 9.97 Å². The molecule has 2 atom stereocenters. The van der Waals surface area contributed by atoms with Crippen molar-refractivity contribution in [3.05, 3.63) is 203 Å². The van der Waals surface area contributed by atoms with Gasteiger partial charge in [0.15, 0.2) is 0 Å². The molecule has 0 radical (unpaired) electrons. The summed E-state index contributed by atoms with van der Waals surface area (Å²) in [4.78, 5) is 10.1. The fourth-order valence-electron chi connectivity index (χ4n) is 8.27. The van der Waals surface area contributed by atoms with Gasteiger partial charge < -0.3 is 0 Å². The summed E-state index contributed by atoms with van der Waals surface area (Å²) in [7, 11) is 0. The van der Waals surface area contributed by atoms with Crippen LogP contribution in [0.1, 0.15) is 52.0 Å². The molecular weight excluding hydrogens is 720 g/mol. The Hall–Kier alpha value is -5.50. The van der Waals surface area contributed by atoms with Crippen molar-refractivity contribution in [1.82, 2.24) is 9.97 Å². The number of allylic oxidation sites excluding steroid dienone is 2. The van der Waals surface area contributed by atoms with Crippen molar-refractivity contribution in [2.24, 2.45) is 0 Å². The van der Waals surface area contributed by atoms with E-state index in [9.17, 15) is 0 Å². The van der Waals surface area contributed by atoms with Crippen LogP contribution in [0, 0.1) is 13.8 Å². The van der Waals surface area contributed by atoms with E-state index in [1.165, 1.54) is 88.3 Å². The SMILES string of the molecule is Cc1ccc(C2=Cc3c(-c4ccc5ccccc5c4)cccc3[CH]2[Zr][CH]2C(c3ccc(C)cn3)=Cc3c(-c4ccc5ccccc5c4)cccc32)nc1. The molecule has 2 aliphatic carbocycles. The van der Waals surface area contributed by atoms with Crippen LogP contribution in [0.3, 0.4) is 0 Å². The van der Waals surface area contributed by atoms with Crippen molar-refractivity contribution in [2.75, 3.05) is 0 Å². The molecular formula is C50H36N2Zr. The molecule has 0 aliphatic heterocycles. The van der Waals surface area contributed by atoms with Crippen molar-refractivity contribution in [3.8, 4) is 22.3 Å². The third-order valence-corrected chi connectivity index (χ3v) is 15.7. The van der Waals surface area contributed by atoms with Gasteiger partial charge in [-0.25, -0.2) is 0 Å². The first kappa shape index (κ1) is 32.2. The molecule has 3 heteroatoms. The number of hydrogen-bond acceptors (Lipinski definition) is 2. The van der Waals surface area contributed by atoms with E-state index in [1.807, 2.05) is 12.4 Å². The number of hydrogen-bond donors (Lipinski definition) is 0. The van der Waals surface area contributed by atoms with E-state index >= 15 is 0 Å². The van der Waals surface area contributed by atoms with Gasteiger partial charge >= 0.3 is 324 Å². The number of benzene rings is 6. The Morgan fingerprint density at radius 2 is 0.887 bits per heavy atom. The van der Waals surface area contributed by atoms with Crippen LogP contribution in [-0.2, 0) is 23.2 Å². The summed E-state index contributed by atoms with van der Waals surface area (Å²) in [6.45, 7) is 4.24. The first-order valence-electron chi connectivity index (χ1n) is 18.4. The zero-order valence-electron chi connectivity index (χ0n) is 29.7. The van der Waals surface area contributed by atoms with Gasteiger partial charge in [-0.15, -0.1) is 0 Å². The summed E-state index contributed by atoms with van der Waals surface area (Å²) in [5.41, 5.74) is 17.9. The molecule has 0 amide bonds. The van der Waals surface area contributed by atoms with E-state index in [4.69, 9.17) is 9.97 Å². The Morgan fingerprint density at radius 1 is 0.434 bits per heavy atom. The van der Waals surface area contributed by atoms with Gasteiger partial charge in [-0.1, -0.05) is 0 Å². The van der Waals surface area contributed by atoms with Crippen LogP contribution in [0.4, 0.5) is 0 Å². The van der Waals surface area contributed by atoms with Gasteiger partial charge in [0.2, 0.25) is 0 Å². The molecule has 53 heavy (non-hydrogen) atoms. The number of aryl methyl sites for hydroxylation is 2. The third kappa shape index (κ3) is 5.76. The quantitative estimate of drug-likeness (QED) is 0.169. The fraction of sp³-hybridized carbons (Fsp3) is 0.0800. The van der Waals surface area contributed by atoms with E-state index in [1.54, 1.807) is 0 Å². The zero-order valence-corrected chi connectivity index (χ0v) is 32.2. The molecule has 2 aliphatic rings. The van der Waals surface area contributed by atoms with Crippen molar-refractivity contribution in [1.29, 1.82) is 0 Å². The summed E-state index contributed by atoms with van der Waals surface area (Å²) in [6, 6.07) is 53.9.